The third-order valence-corrected chi connectivity index (χ3v) is 5.88. The Bertz CT molecular complexity index is 679. The summed E-state index contributed by atoms with van der Waals surface area (Å²) in [5.74, 6) is 1.46. The minimum Gasteiger partial charge on any atom is -0.356 e. The van der Waals surface area contributed by atoms with Crippen LogP contribution in [0.15, 0.2) is 30.0 Å². The largest absolute Gasteiger partial charge is 0.356 e. The molecule has 2 aromatic heterocycles. The van der Waals surface area contributed by atoms with Gasteiger partial charge < -0.3 is 9.80 Å². The number of anilines is 1. The van der Waals surface area contributed by atoms with E-state index in [-0.39, 0.29) is 5.92 Å². The Morgan fingerprint density at radius 1 is 1.22 bits per heavy atom. The van der Waals surface area contributed by atoms with Crippen LogP contribution in [0.4, 0.5) is 5.82 Å². The van der Waals surface area contributed by atoms with Gasteiger partial charge in [0.05, 0.1) is 0 Å². The highest BCUT2D eigenvalue weighted by Crippen LogP contribution is 2.28. The zero-order valence-corrected chi connectivity index (χ0v) is 13.8. The lowest BCUT2D eigenvalue weighted by molar-refractivity contribution is -0.137. The highest BCUT2D eigenvalue weighted by Gasteiger charge is 2.30. The Kier molecular flexibility index (Phi) is 3.99. The number of piperidine rings is 1. The molecular weight excluding hydrogens is 308 g/mol. The van der Waals surface area contributed by atoms with Crippen molar-refractivity contribution in [1.82, 2.24) is 14.9 Å². The van der Waals surface area contributed by atoms with Crippen LogP contribution in [0.2, 0.25) is 0 Å². The number of amides is 1. The Morgan fingerprint density at radius 2 is 2.09 bits per heavy atom. The van der Waals surface area contributed by atoms with Crippen LogP contribution in [0.5, 0.6) is 0 Å². The van der Waals surface area contributed by atoms with E-state index in [0.717, 1.165) is 51.3 Å². The first-order valence-corrected chi connectivity index (χ1v) is 9.04. The van der Waals surface area contributed by atoms with E-state index in [9.17, 15) is 4.79 Å². The summed E-state index contributed by atoms with van der Waals surface area (Å²) in [6, 6.07) is 4.10. The van der Waals surface area contributed by atoms with Crippen LogP contribution < -0.4 is 4.90 Å². The molecule has 4 heterocycles. The summed E-state index contributed by atoms with van der Waals surface area (Å²) in [6.07, 6.45) is 6.19. The summed E-state index contributed by atoms with van der Waals surface area (Å²) < 4.78 is 0. The Balaban J connectivity index is 1.36. The molecule has 0 radical (unpaired) electrons. The summed E-state index contributed by atoms with van der Waals surface area (Å²) in [7, 11) is 0. The van der Waals surface area contributed by atoms with E-state index in [1.165, 1.54) is 10.4 Å². The van der Waals surface area contributed by atoms with Crippen molar-refractivity contribution in [2.24, 2.45) is 5.92 Å². The predicted molar refractivity (Wildman–Crippen MR) is 90.4 cm³/mol. The van der Waals surface area contributed by atoms with Gasteiger partial charge in [-0.1, -0.05) is 0 Å². The molecule has 5 nitrogen and oxygen atoms in total. The molecule has 120 valence electrons. The van der Waals surface area contributed by atoms with Gasteiger partial charge in [-0.25, -0.2) is 9.97 Å². The van der Waals surface area contributed by atoms with Gasteiger partial charge in [0.2, 0.25) is 5.91 Å². The van der Waals surface area contributed by atoms with Crippen molar-refractivity contribution in [3.63, 3.8) is 0 Å². The number of hydrogen-bond acceptors (Lipinski definition) is 5. The minimum atomic E-state index is 0.160. The fourth-order valence-corrected chi connectivity index (χ4v) is 4.41. The molecule has 2 aromatic rings. The van der Waals surface area contributed by atoms with Gasteiger partial charge in [0.15, 0.2) is 0 Å². The number of aromatic nitrogens is 2. The standard InChI is InChI=1S/C17H20N4OS/c22-17(21-9-4-15-14(11-21)5-10-23-15)13-2-7-20(8-3-13)16-1-6-18-12-19-16/h1,5-6,10,12-13H,2-4,7-9,11H2. The molecule has 1 amide bonds. The second-order valence-electron chi connectivity index (χ2n) is 6.21. The number of carbonyl (C=O) groups is 1. The Morgan fingerprint density at radius 3 is 2.87 bits per heavy atom. The van der Waals surface area contributed by atoms with Crippen LogP contribution in [-0.4, -0.2) is 40.4 Å². The maximum Gasteiger partial charge on any atom is 0.226 e. The van der Waals surface area contributed by atoms with Gasteiger partial charge >= 0.3 is 0 Å². The van der Waals surface area contributed by atoms with Crippen molar-refractivity contribution in [1.29, 1.82) is 0 Å². The number of nitrogens with zero attached hydrogens (tertiary/aromatic N) is 4. The average Bonchev–Trinajstić information content (AvgIpc) is 3.10. The molecule has 23 heavy (non-hydrogen) atoms. The highest BCUT2D eigenvalue weighted by molar-refractivity contribution is 7.10. The lowest BCUT2D eigenvalue weighted by Gasteiger charge is -2.36. The number of rotatable bonds is 2. The zero-order chi connectivity index (χ0) is 15.6. The molecule has 2 aliphatic heterocycles. The maximum atomic E-state index is 12.8. The van der Waals surface area contributed by atoms with Crippen molar-refractivity contribution >= 4 is 23.1 Å². The summed E-state index contributed by atoms with van der Waals surface area (Å²) >= 11 is 1.82. The van der Waals surface area contributed by atoms with Crippen molar-refractivity contribution in [3.8, 4) is 0 Å². The van der Waals surface area contributed by atoms with Crippen molar-refractivity contribution in [2.45, 2.75) is 25.8 Å². The van der Waals surface area contributed by atoms with Crippen LogP contribution in [0.1, 0.15) is 23.3 Å². The lowest BCUT2D eigenvalue weighted by Crippen LogP contribution is -2.44. The van der Waals surface area contributed by atoms with Gasteiger partial charge in [-0.2, -0.15) is 0 Å². The molecule has 6 heteroatoms. The van der Waals surface area contributed by atoms with Crippen LogP contribution in [0.3, 0.4) is 0 Å². The van der Waals surface area contributed by atoms with Crippen LogP contribution in [-0.2, 0) is 17.8 Å². The van der Waals surface area contributed by atoms with E-state index >= 15 is 0 Å². The number of hydrogen-bond donors (Lipinski definition) is 0. The predicted octanol–water partition coefficient (Wildman–Crippen LogP) is 2.34. The molecule has 0 atom stereocenters. The molecule has 0 N–H and O–H groups in total. The quantitative estimate of drug-likeness (QED) is 0.849. The summed E-state index contributed by atoms with van der Waals surface area (Å²) in [5, 5.41) is 2.14. The van der Waals surface area contributed by atoms with Crippen molar-refractivity contribution in [3.05, 3.63) is 40.5 Å². The summed E-state index contributed by atoms with van der Waals surface area (Å²) in [4.78, 5) is 26.8. The van der Waals surface area contributed by atoms with Gasteiger partial charge in [-0.05, 0) is 42.3 Å². The highest BCUT2D eigenvalue weighted by atomic mass is 32.1. The topological polar surface area (TPSA) is 49.3 Å². The van der Waals surface area contributed by atoms with E-state index in [1.807, 2.05) is 17.4 Å². The first-order chi connectivity index (χ1) is 11.3. The van der Waals surface area contributed by atoms with E-state index in [1.54, 1.807) is 12.5 Å². The van der Waals surface area contributed by atoms with Crippen molar-refractivity contribution < 1.29 is 4.79 Å². The van der Waals surface area contributed by atoms with Crippen LogP contribution in [0.25, 0.3) is 0 Å². The Labute approximate surface area is 140 Å². The van der Waals surface area contributed by atoms with Crippen molar-refractivity contribution in [2.75, 3.05) is 24.5 Å². The summed E-state index contributed by atoms with van der Waals surface area (Å²) in [5.41, 5.74) is 1.34. The molecule has 0 unspecified atom stereocenters. The van der Waals surface area contributed by atoms with E-state index in [2.05, 4.69) is 31.2 Å². The zero-order valence-electron chi connectivity index (χ0n) is 13.0. The molecule has 0 aromatic carbocycles. The maximum absolute atomic E-state index is 12.8. The molecule has 0 saturated carbocycles. The SMILES string of the molecule is O=C(C1CCN(c2ccncn2)CC1)N1CCc2sccc2C1. The second kappa shape index (κ2) is 6.28. The first kappa shape index (κ1) is 14.6. The molecular formula is C17H20N4OS. The molecule has 0 spiro atoms. The first-order valence-electron chi connectivity index (χ1n) is 8.16. The normalized spacial score (nSPS) is 18.8. The van der Waals surface area contributed by atoms with Crippen LogP contribution in [0, 0.1) is 5.92 Å². The van der Waals surface area contributed by atoms with Crippen LogP contribution >= 0.6 is 11.3 Å². The van der Waals surface area contributed by atoms with E-state index in [0.29, 0.717) is 5.91 Å². The number of carbonyl (C=O) groups excluding carboxylic acids is 1. The average molecular weight is 328 g/mol. The fourth-order valence-electron chi connectivity index (χ4n) is 3.52. The van der Waals surface area contributed by atoms with Gasteiger partial charge in [0.25, 0.3) is 0 Å². The molecule has 2 aliphatic rings. The lowest BCUT2D eigenvalue weighted by atomic mass is 9.94. The van der Waals surface area contributed by atoms with Gasteiger partial charge in [-0.3, -0.25) is 4.79 Å². The Hall–Kier alpha value is -1.95. The third kappa shape index (κ3) is 2.95. The minimum absolute atomic E-state index is 0.160. The van der Waals surface area contributed by atoms with E-state index in [4.69, 9.17) is 0 Å². The van der Waals surface area contributed by atoms with Gasteiger partial charge in [-0.15, -0.1) is 11.3 Å². The molecule has 1 saturated heterocycles. The summed E-state index contributed by atoms with van der Waals surface area (Å²) in [6.45, 7) is 3.46. The smallest absolute Gasteiger partial charge is 0.226 e. The monoisotopic (exact) mass is 328 g/mol. The molecule has 0 bridgehead atoms. The van der Waals surface area contributed by atoms with Gasteiger partial charge in [0.1, 0.15) is 12.1 Å². The number of thiophene rings is 1. The fraction of sp³-hybridized carbons (Fsp3) is 0.471. The molecule has 1 fully saturated rings. The van der Waals surface area contributed by atoms with E-state index < -0.39 is 0 Å². The van der Waals surface area contributed by atoms with Gasteiger partial charge in [0, 0.05) is 43.2 Å². The third-order valence-electron chi connectivity index (χ3n) is 4.85. The number of fused-ring (bicyclic) bond motifs is 1. The second-order valence-corrected chi connectivity index (χ2v) is 7.21. The molecule has 0 aliphatic carbocycles. The molecule has 4 rings (SSSR count).